The van der Waals surface area contributed by atoms with E-state index in [0.717, 1.165) is 12.0 Å². The Kier molecular flexibility index (Phi) is 6.33. The van der Waals surface area contributed by atoms with Crippen molar-refractivity contribution in [1.29, 1.82) is 0 Å². The zero-order valence-corrected chi connectivity index (χ0v) is 17.2. The molecule has 0 aromatic heterocycles. The molecule has 29 heavy (non-hydrogen) atoms. The summed E-state index contributed by atoms with van der Waals surface area (Å²) >= 11 is 0. The topological polar surface area (TPSA) is 79.2 Å². The molecule has 0 radical (unpaired) electrons. The third-order valence-electron chi connectivity index (χ3n) is 6.04. The number of carboxylic acid groups (broad SMARTS) is 1. The van der Waals surface area contributed by atoms with E-state index < -0.39 is 17.6 Å². The van der Waals surface area contributed by atoms with Crippen LogP contribution in [0, 0.1) is 5.41 Å². The minimum atomic E-state index is -0.966. The first-order valence-corrected chi connectivity index (χ1v) is 9.85. The molecule has 1 saturated heterocycles. The van der Waals surface area contributed by atoms with E-state index in [4.69, 9.17) is 9.47 Å². The molecule has 2 aromatic carbocycles. The van der Waals surface area contributed by atoms with E-state index in [-0.39, 0.29) is 5.92 Å². The van der Waals surface area contributed by atoms with Gasteiger partial charge in [-0.05, 0) is 30.2 Å². The molecule has 0 unspecified atom stereocenters. The van der Waals surface area contributed by atoms with Crippen molar-refractivity contribution in [3.63, 3.8) is 0 Å². The molecule has 2 N–H and O–H groups in total. The molecular formula is C23H29NO5. The first kappa shape index (κ1) is 21.0. The summed E-state index contributed by atoms with van der Waals surface area (Å²) in [5, 5.41) is 19.9. The lowest BCUT2D eigenvalue weighted by Gasteiger charge is -2.33. The molecule has 6 nitrogen and oxygen atoms in total. The van der Waals surface area contributed by atoms with Crippen LogP contribution in [-0.4, -0.2) is 54.1 Å². The van der Waals surface area contributed by atoms with Crippen molar-refractivity contribution in [1.82, 2.24) is 4.90 Å². The van der Waals surface area contributed by atoms with Crippen molar-refractivity contribution in [2.45, 2.75) is 32.3 Å². The van der Waals surface area contributed by atoms with Gasteiger partial charge in [0.05, 0.1) is 19.8 Å². The van der Waals surface area contributed by atoms with Gasteiger partial charge in [-0.15, -0.1) is 0 Å². The van der Waals surface area contributed by atoms with Crippen LogP contribution in [0.5, 0.6) is 11.5 Å². The molecule has 1 amide bonds. The molecule has 0 saturated carbocycles. The van der Waals surface area contributed by atoms with Gasteiger partial charge < -0.3 is 24.6 Å². The number of benzene rings is 2. The average molecular weight is 399 g/mol. The monoisotopic (exact) mass is 399 g/mol. The van der Waals surface area contributed by atoms with Gasteiger partial charge in [-0.3, -0.25) is 0 Å². The normalized spacial score (nSPS) is 22.3. The lowest BCUT2D eigenvalue weighted by Crippen LogP contribution is -2.37. The highest BCUT2D eigenvalue weighted by Crippen LogP contribution is 2.46. The zero-order chi connectivity index (χ0) is 21.0. The second kappa shape index (κ2) is 8.74. The van der Waals surface area contributed by atoms with Crippen LogP contribution in [0.15, 0.2) is 48.5 Å². The third kappa shape index (κ3) is 4.48. The van der Waals surface area contributed by atoms with E-state index in [1.807, 2.05) is 43.3 Å². The molecular weight excluding hydrogens is 370 g/mol. The second-order valence-electron chi connectivity index (χ2n) is 7.89. The van der Waals surface area contributed by atoms with Gasteiger partial charge in [0.15, 0.2) is 11.5 Å². The lowest BCUT2D eigenvalue weighted by atomic mass is 9.72. The summed E-state index contributed by atoms with van der Waals surface area (Å²) in [6, 6.07) is 15.8. The van der Waals surface area contributed by atoms with Gasteiger partial charge >= 0.3 is 6.09 Å². The van der Waals surface area contributed by atoms with Gasteiger partial charge in [0.2, 0.25) is 0 Å². The molecule has 156 valence electrons. The van der Waals surface area contributed by atoms with Crippen LogP contribution >= 0.6 is 0 Å². The molecule has 1 aliphatic heterocycles. The summed E-state index contributed by atoms with van der Waals surface area (Å²) in [6.07, 6.45) is -0.843. The highest BCUT2D eigenvalue weighted by molar-refractivity contribution is 5.66. The lowest BCUT2D eigenvalue weighted by molar-refractivity contribution is 0.0481. The Balaban J connectivity index is 1.82. The van der Waals surface area contributed by atoms with Crippen molar-refractivity contribution in [2.75, 3.05) is 26.8 Å². The number of likely N-dealkylation sites (tertiary alicyclic amines) is 1. The smallest absolute Gasteiger partial charge is 0.407 e. The minimum Gasteiger partial charge on any atom is -0.493 e. The molecule has 0 aliphatic carbocycles. The first-order valence-electron chi connectivity index (χ1n) is 9.85. The number of aliphatic hydroxyl groups is 1. The van der Waals surface area contributed by atoms with Gasteiger partial charge in [0.1, 0.15) is 0 Å². The minimum absolute atomic E-state index is 0.138. The van der Waals surface area contributed by atoms with Gasteiger partial charge in [0, 0.05) is 30.8 Å². The Morgan fingerprint density at radius 3 is 2.59 bits per heavy atom. The van der Waals surface area contributed by atoms with Crippen LogP contribution in [0.25, 0.3) is 0 Å². The van der Waals surface area contributed by atoms with E-state index in [0.29, 0.717) is 31.2 Å². The molecule has 1 aliphatic rings. The van der Waals surface area contributed by atoms with Crippen molar-refractivity contribution in [3.05, 3.63) is 59.7 Å². The van der Waals surface area contributed by atoms with Gasteiger partial charge in [-0.25, -0.2) is 4.79 Å². The number of methoxy groups -OCH3 is 1. The van der Waals surface area contributed by atoms with E-state index in [2.05, 4.69) is 12.1 Å². The fourth-order valence-corrected chi connectivity index (χ4v) is 4.02. The maximum Gasteiger partial charge on any atom is 0.407 e. The number of ether oxygens (including phenoxy) is 2. The van der Waals surface area contributed by atoms with E-state index in [1.54, 1.807) is 14.0 Å². The number of hydrogen-bond acceptors (Lipinski definition) is 4. The largest absolute Gasteiger partial charge is 0.493 e. The van der Waals surface area contributed by atoms with Gasteiger partial charge in [-0.2, -0.15) is 0 Å². The van der Waals surface area contributed by atoms with E-state index in [9.17, 15) is 15.0 Å². The number of amides is 1. The molecule has 2 aromatic rings. The molecule has 0 spiro atoms. The van der Waals surface area contributed by atoms with Crippen LogP contribution in [0.2, 0.25) is 0 Å². The first-order chi connectivity index (χ1) is 13.8. The fraction of sp³-hybridized carbons (Fsp3) is 0.435. The second-order valence-corrected chi connectivity index (χ2v) is 7.89. The number of nitrogens with zero attached hydrogens (tertiary/aromatic N) is 1. The maximum atomic E-state index is 11.5. The van der Waals surface area contributed by atoms with Crippen LogP contribution in [0.1, 0.15) is 30.9 Å². The SMILES string of the molecule is COc1ccc([C@@H]2CN(C(=O)O)C[C@@]2(C)[C@@H](C)O)cc1OCCc1ccccc1. The summed E-state index contributed by atoms with van der Waals surface area (Å²) in [5.41, 5.74) is 1.55. The summed E-state index contributed by atoms with van der Waals surface area (Å²) < 4.78 is 11.5. The molecule has 3 atom stereocenters. The van der Waals surface area contributed by atoms with Gasteiger partial charge in [-0.1, -0.05) is 43.3 Å². The summed E-state index contributed by atoms with van der Waals surface area (Å²) in [5.74, 6) is 1.12. The van der Waals surface area contributed by atoms with Crippen LogP contribution in [0.4, 0.5) is 4.79 Å². The Labute approximate surface area is 171 Å². The highest BCUT2D eigenvalue weighted by Gasteiger charge is 2.48. The molecule has 0 bridgehead atoms. The molecule has 3 rings (SSSR count). The van der Waals surface area contributed by atoms with Crippen molar-refractivity contribution in [3.8, 4) is 11.5 Å². The van der Waals surface area contributed by atoms with Gasteiger partial charge in [0.25, 0.3) is 0 Å². The van der Waals surface area contributed by atoms with Crippen LogP contribution in [0.3, 0.4) is 0 Å². The molecule has 6 heteroatoms. The fourth-order valence-electron chi connectivity index (χ4n) is 4.02. The summed E-state index contributed by atoms with van der Waals surface area (Å²) in [4.78, 5) is 12.9. The number of rotatable bonds is 7. The Morgan fingerprint density at radius 1 is 1.24 bits per heavy atom. The number of aliphatic hydroxyl groups excluding tert-OH is 1. The number of hydrogen-bond donors (Lipinski definition) is 2. The van der Waals surface area contributed by atoms with Crippen LogP contribution < -0.4 is 9.47 Å². The van der Waals surface area contributed by atoms with E-state index >= 15 is 0 Å². The predicted octanol–water partition coefficient (Wildman–Crippen LogP) is 3.78. The Bertz CT molecular complexity index is 838. The molecule has 1 fully saturated rings. The van der Waals surface area contributed by atoms with Crippen LogP contribution in [-0.2, 0) is 6.42 Å². The zero-order valence-electron chi connectivity index (χ0n) is 17.2. The van der Waals surface area contributed by atoms with Crippen molar-refractivity contribution < 1.29 is 24.5 Å². The quantitative estimate of drug-likeness (QED) is 0.741. The summed E-state index contributed by atoms with van der Waals surface area (Å²) in [6.45, 7) is 4.79. The summed E-state index contributed by atoms with van der Waals surface area (Å²) in [7, 11) is 1.60. The highest BCUT2D eigenvalue weighted by atomic mass is 16.5. The van der Waals surface area contributed by atoms with E-state index in [1.165, 1.54) is 10.5 Å². The number of carbonyl (C=O) groups is 1. The average Bonchev–Trinajstić information content (AvgIpc) is 3.08. The Hall–Kier alpha value is -2.73. The van der Waals surface area contributed by atoms with Crippen molar-refractivity contribution >= 4 is 6.09 Å². The molecule has 1 heterocycles. The maximum absolute atomic E-state index is 11.5. The van der Waals surface area contributed by atoms with Crippen molar-refractivity contribution in [2.24, 2.45) is 5.41 Å². The predicted molar refractivity (Wildman–Crippen MR) is 111 cm³/mol. The Morgan fingerprint density at radius 2 is 1.97 bits per heavy atom. The third-order valence-corrected chi connectivity index (χ3v) is 6.04. The standard InChI is InChI=1S/C23H29NO5/c1-16(25)23(2)15-24(22(26)27)14-19(23)18-9-10-20(28-3)21(13-18)29-12-11-17-7-5-4-6-8-17/h4-10,13,16,19,25H,11-12,14-15H2,1-3H3,(H,26,27)/t16-,19+,23+/m1/s1.